The molecule has 2 aromatic heterocycles. The van der Waals surface area contributed by atoms with Gasteiger partial charge in [-0.3, -0.25) is 0 Å². The number of aromatic amines is 1. The number of aryl methyl sites for hydroxylation is 1. The van der Waals surface area contributed by atoms with Gasteiger partial charge in [0.05, 0.1) is 25.7 Å². The first kappa shape index (κ1) is 11.2. The van der Waals surface area contributed by atoms with E-state index in [2.05, 4.69) is 19.7 Å². The lowest BCUT2D eigenvalue weighted by Crippen LogP contribution is -2.09. The number of ether oxygens (including phenoxy) is 1. The molecule has 0 atom stereocenters. The van der Waals surface area contributed by atoms with Gasteiger partial charge < -0.3 is 20.0 Å². The number of aromatic nitrogens is 4. The molecule has 17 heavy (non-hydrogen) atoms. The molecule has 0 spiro atoms. The van der Waals surface area contributed by atoms with E-state index in [0.717, 1.165) is 5.69 Å². The molecule has 0 saturated heterocycles. The summed E-state index contributed by atoms with van der Waals surface area (Å²) in [6.45, 7) is 2.26. The van der Waals surface area contributed by atoms with Crippen molar-refractivity contribution in [3.05, 3.63) is 29.7 Å². The summed E-state index contributed by atoms with van der Waals surface area (Å²) in [5.74, 6) is 0.412. The van der Waals surface area contributed by atoms with Crippen molar-refractivity contribution in [3.63, 3.8) is 0 Å². The first-order chi connectivity index (χ1) is 8.13. The van der Waals surface area contributed by atoms with Crippen molar-refractivity contribution >= 4 is 11.8 Å². The van der Waals surface area contributed by atoms with Crippen LogP contribution >= 0.6 is 0 Å². The smallest absolute Gasteiger partial charge is 0.360 e. The third-order valence-electron chi connectivity index (χ3n) is 2.46. The van der Waals surface area contributed by atoms with Gasteiger partial charge in [0, 0.05) is 6.20 Å². The fraction of sp³-hybridized carbons (Fsp3) is 0.300. The molecule has 0 bridgehead atoms. The average molecular weight is 235 g/mol. The number of nitrogen functional groups attached to an aromatic ring is 1. The third kappa shape index (κ3) is 1.99. The maximum Gasteiger partial charge on any atom is 0.360 e. The van der Waals surface area contributed by atoms with Crippen molar-refractivity contribution in [1.82, 2.24) is 19.5 Å². The minimum atomic E-state index is -0.533. The topological polar surface area (TPSA) is 98.8 Å². The Labute approximate surface area is 97.6 Å². The molecule has 0 unspecified atom stereocenters. The summed E-state index contributed by atoms with van der Waals surface area (Å²) in [6, 6.07) is 0. The molecular weight excluding hydrogens is 222 g/mol. The summed E-state index contributed by atoms with van der Waals surface area (Å²) in [5, 5.41) is 0. The molecule has 2 rings (SSSR count). The van der Waals surface area contributed by atoms with Crippen LogP contribution in [0.25, 0.3) is 0 Å². The van der Waals surface area contributed by atoms with Crippen LogP contribution in [0.5, 0.6) is 0 Å². The minimum absolute atomic E-state index is 0.143. The maximum absolute atomic E-state index is 11.4. The van der Waals surface area contributed by atoms with Crippen LogP contribution in [-0.2, 0) is 11.3 Å². The normalized spacial score (nSPS) is 10.5. The Morgan fingerprint density at radius 2 is 2.41 bits per heavy atom. The predicted octanol–water partition coefficient (Wildman–Crippen LogP) is 0.332. The summed E-state index contributed by atoms with van der Waals surface area (Å²) in [5.41, 5.74) is 6.89. The number of hydrogen-bond donors (Lipinski definition) is 2. The number of nitrogens with two attached hydrogens (primary N) is 1. The Morgan fingerprint density at radius 1 is 1.65 bits per heavy atom. The molecule has 90 valence electrons. The van der Waals surface area contributed by atoms with Gasteiger partial charge in [-0.15, -0.1) is 0 Å². The second kappa shape index (κ2) is 4.28. The second-order valence-corrected chi connectivity index (χ2v) is 3.55. The highest BCUT2D eigenvalue weighted by molar-refractivity contribution is 5.92. The molecule has 0 amide bonds. The molecule has 0 fully saturated rings. The second-order valence-electron chi connectivity index (χ2n) is 3.55. The van der Waals surface area contributed by atoms with E-state index in [1.54, 1.807) is 24.0 Å². The van der Waals surface area contributed by atoms with Crippen molar-refractivity contribution < 1.29 is 9.53 Å². The summed E-state index contributed by atoms with van der Waals surface area (Å²) < 4.78 is 6.33. The number of imidazole rings is 2. The number of hydrogen-bond acceptors (Lipinski definition) is 5. The number of anilines is 1. The predicted molar refractivity (Wildman–Crippen MR) is 60.4 cm³/mol. The average Bonchev–Trinajstić information content (AvgIpc) is 2.91. The molecule has 0 aromatic carbocycles. The summed E-state index contributed by atoms with van der Waals surface area (Å²) in [6.07, 6.45) is 3.27. The highest BCUT2D eigenvalue weighted by Crippen LogP contribution is 2.16. The van der Waals surface area contributed by atoms with Gasteiger partial charge in [0.1, 0.15) is 11.6 Å². The Bertz CT molecular complexity index is 529. The maximum atomic E-state index is 11.4. The first-order valence-corrected chi connectivity index (χ1v) is 5.01. The Kier molecular flexibility index (Phi) is 2.82. The number of rotatable bonds is 3. The number of nitrogens with zero attached hydrogens (tertiary/aromatic N) is 3. The van der Waals surface area contributed by atoms with Crippen molar-refractivity contribution in [1.29, 1.82) is 0 Å². The van der Waals surface area contributed by atoms with Crippen LogP contribution in [0.4, 0.5) is 5.82 Å². The highest BCUT2D eigenvalue weighted by atomic mass is 16.5. The van der Waals surface area contributed by atoms with Gasteiger partial charge in [-0.05, 0) is 6.92 Å². The van der Waals surface area contributed by atoms with E-state index in [0.29, 0.717) is 18.2 Å². The number of nitrogens with one attached hydrogen (secondary N) is 1. The Morgan fingerprint density at radius 3 is 3.00 bits per heavy atom. The summed E-state index contributed by atoms with van der Waals surface area (Å²) in [4.78, 5) is 22.4. The van der Waals surface area contributed by atoms with Crippen LogP contribution in [0.2, 0.25) is 0 Å². The van der Waals surface area contributed by atoms with E-state index in [-0.39, 0.29) is 5.69 Å². The molecule has 0 saturated carbocycles. The molecule has 0 radical (unpaired) electrons. The van der Waals surface area contributed by atoms with Crippen LogP contribution < -0.4 is 5.73 Å². The largest absolute Gasteiger partial charge is 0.464 e. The van der Waals surface area contributed by atoms with Gasteiger partial charge >= 0.3 is 5.97 Å². The van der Waals surface area contributed by atoms with Gasteiger partial charge in [-0.25, -0.2) is 14.8 Å². The number of H-pyrrole nitrogens is 1. The zero-order valence-corrected chi connectivity index (χ0v) is 9.60. The van der Waals surface area contributed by atoms with Crippen LogP contribution in [0.1, 0.15) is 22.0 Å². The van der Waals surface area contributed by atoms with E-state index in [1.165, 1.54) is 7.11 Å². The molecule has 2 heterocycles. The van der Waals surface area contributed by atoms with E-state index in [1.807, 2.05) is 0 Å². The monoisotopic (exact) mass is 235 g/mol. The van der Waals surface area contributed by atoms with Gasteiger partial charge in [0.2, 0.25) is 0 Å². The number of carbonyl (C=O) groups excluding carboxylic acids is 1. The molecule has 7 heteroatoms. The minimum Gasteiger partial charge on any atom is -0.464 e. The van der Waals surface area contributed by atoms with Gasteiger partial charge in [-0.2, -0.15) is 0 Å². The molecule has 0 aliphatic heterocycles. The lowest BCUT2D eigenvalue weighted by molar-refractivity contribution is 0.0595. The number of esters is 1. The van der Waals surface area contributed by atoms with Crippen LogP contribution in [-0.4, -0.2) is 32.6 Å². The van der Waals surface area contributed by atoms with E-state index in [4.69, 9.17) is 5.73 Å². The fourth-order valence-electron chi connectivity index (χ4n) is 1.57. The van der Waals surface area contributed by atoms with Crippen LogP contribution in [0.15, 0.2) is 12.5 Å². The van der Waals surface area contributed by atoms with Crippen LogP contribution in [0, 0.1) is 6.92 Å². The molecule has 0 aliphatic carbocycles. The standard InChI is InChI=1S/C10H13N5O2/c1-6-14-8(10(16)17-2)9(11)15(6)4-7-3-12-5-13-7/h3,5H,4,11H2,1-2H3,(H,12,13). The summed E-state index contributed by atoms with van der Waals surface area (Å²) >= 11 is 0. The lowest BCUT2D eigenvalue weighted by Gasteiger charge is -2.05. The van der Waals surface area contributed by atoms with E-state index >= 15 is 0 Å². The van der Waals surface area contributed by atoms with E-state index < -0.39 is 5.97 Å². The van der Waals surface area contributed by atoms with Crippen molar-refractivity contribution in [2.24, 2.45) is 0 Å². The molecule has 3 N–H and O–H groups in total. The Hall–Kier alpha value is -2.31. The zero-order chi connectivity index (χ0) is 12.4. The van der Waals surface area contributed by atoms with Gasteiger partial charge in [0.15, 0.2) is 5.69 Å². The summed E-state index contributed by atoms with van der Waals surface area (Å²) in [7, 11) is 1.30. The highest BCUT2D eigenvalue weighted by Gasteiger charge is 2.19. The van der Waals surface area contributed by atoms with E-state index in [9.17, 15) is 4.79 Å². The number of methoxy groups -OCH3 is 1. The lowest BCUT2D eigenvalue weighted by atomic mass is 10.4. The SMILES string of the molecule is COC(=O)c1nc(C)n(Cc2cnc[nH]2)c1N. The molecular formula is C10H13N5O2. The number of carbonyl (C=O) groups is 1. The van der Waals surface area contributed by atoms with Crippen molar-refractivity contribution in [2.75, 3.05) is 12.8 Å². The fourth-order valence-corrected chi connectivity index (χ4v) is 1.57. The zero-order valence-electron chi connectivity index (χ0n) is 9.60. The Balaban J connectivity index is 2.35. The molecule has 0 aliphatic rings. The first-order valence-electron chi connectivity index (χ1n) is 5.01. The van der Waals surface area contributed by atoms with Crippen molar-refractivity contribution in [3.8, 4) is 0 Å². The van der Waals surface area contributed by atoms with Gasteiger partial charge in [-0.1, -0.05) is 0 Å². The molecule has 7 nitrogen and oxygen atoms in total. The van der Waals surface area contributed by atoms with Gasteiger partial charge in [0.25, 0.3) is 0 Å². The van der Waals surface area contributed by atoms with Crippen LogP contribution in [0.3, 0.4) is 0 Å². The third-order valence-corrected chi connectivity index (χ3v) is 2.46. The quantitative estimate of drug-likeness (QED) is 0.747. The van der Waals surface area contributed by atoms with Crippen molar-refractivity contribution in [2.45, 2.75) is 13.5 Å². The molecule has 2 aromatic rings.